The van der Waals surface area contributed by atoms with Gasteiger partial charge in [0.2, 0.25) is 0 Å². The third kappa shape index (κ3) is 4.44. The normalized spacial score (nSPS) is 26.9. The van der Waals surface area contributed by atoms with E-state index in [-0.39, 0.29) is 52.0 Å². The van der Waals surface area contributed by atoms with Gasteiger partial charge in [0, 0.05) is 49.2 Å². The Morgan fingerprint density at radius 2 is 1.95 bits per heavy atom. The van der Waals surface area contributed by atoms with Crippen molar-refractivity contribution in [2.45, 2.75) is 49.9 Å². The predicted molar refractivity (Wildman–Crippen MR) is 157 cm³/mol. The van der Waals surface area contributed by atoms with Gasteiger partial charge < -0.3 is 20.1 Å². The van der Waals surface area contributed by atoms with Gasteiger partial charge in [-0.3, -0.25) is 9.88 Å². The summed E-state index contributed by atoms with van der Waals surface area (Å²) in [4.78, 5) is 17.8. The van der Waals surface area contributed by atoms with Crippen LogP contribution in [0.3, 0.4) is 0 Å². The van der Waals surface area contributed by atoms with Crippen molar-refractivity contribution in [3.05, 3.63) is 47.9 Å². The van der Waals surface area contributed by atoms with E-state index >= 15 is 8.78 Å². The molecule has 0 radical (unpaired) electrons. The molecule has 4 aliphatic heterocycles. The van der Waals surface area contributed by atoms with Crippen LogP contribution in [0.25, 0.3) is 32.9 Å². The number of aromatic hydroxyl groups is 1. The van der Waals surface area contributed by atoms with Crippen LogP contribution in [0.2, 0.25) is 0 Å². The second-order valence-electron chi connectivity index (χ2n) is 12.7. The van der Waals surface area contributed by atoms with Crippen LogP contribution in [0.1, 0.15) is 32.1 Å². The number of benzene rings is 2. The Kier molecular flexibility index (Phi) is 6.56. The summed E-state index contributed by atoms with van der Waals surface area (Å²) >= 11 is 0. The highest BCUT2D eigenvalue weighted by Gasteiger charge is 2.49. The number of halogens is 4. The highest BCUT2D eigenvalue weighted by Crippen LogP contribution is 2.42. The van der Waals surface area contributed by atoms with Gasteiger partial charge in [0.15, 0.2) is 17.5 Å². The zero-order chi connectivity index (χ0) is 30.2. The molecule has 4 fully saturated rings. The number of aromatic nitrogens is 3. The second kappa shape index (κ2) is 10.4. The van der Waals surface area contributed by atoms with Crippen LogP contribution < -0.4 is 15.0 Å². The molecule has 4 saturated heterocycles. The van der Waals surface area contributed by atoms with Gasteiger partial charge in [-0.15, -0.1) is 0 Å². The molecule has 0 spiro atoms. The standard InChI is InChI=1S/C32H32F4N6O2/c33-19-11-32(6-2-8-42(32)14-19)16-44-31-39-29-22(30(40-31)41-13-18-3-1-7-37-24(18)15-41)12-38-28(27(29)36)21-10-20(43)9-17-4-5-23(34)26(35)25(17)21/h4-5,9-10,12,18-19,24,37,43H,1-3,6-8,11,13-16H2/t18?,19-,24?,32+/m1/s1. The average molecular weight is 609 g/mol. The van der Waals surface area contributed by atoms with Crippen LogP contribution in [-0.4, -0.2) is 82.0 Å². The first-order chi connectivity index (χ1) is 21.3. The quantitative estimate of drug-likeness (QED) is 0.303. The molecule has 0 saturated carbocycles. The first-order valence-corrected chi connectivity index (χ1v) is 15.3. The minimum absolute atomic E-state index is 0.0343. The molecule has 2 aromatic heterocycles. The van der Waals surface area contributed by atoms with Gasteiger partial charge in [-0.2, -0.15) is 9.97 Å². The number of nitrogens with zero attached hydrogens (tertiary/aromatic N) is 5. The van der Waals surface area contributed by atoms with Crippen LogP contribution in [0, 0.1) is 23.4 Å². The van der Waals surface area contributed by atoms with E-state index in [0.717, 1.165) is 51.4 Å². The summed E-state index contributed by atoms with van der Waals surface area (Å²) in [5.41, 5.74) is -0.918. The van der Waals surface area contributed by atoms with E-state index in [2.05, 4.69) is 25.1 Å². The molecular weight excluding hydrogens is 576 g/mol. The molecule has 0 bridgehead atoms. The Bertz CT molecular complexity index is 1780. The summed E-state index contributed by atoms with van der Waals surface area (Å²) in [6.45, 7) is 3.67. The zero-order valence-electron chi connectivity index (χ0n) is 24.0. The number of anilines is 1. The fourth-order valence-corrected chi connectivity index (χ4v) is 7.95. The molecule has 2 unspecified atom stereocenters. The second-order valence-corrected chi connectivity index (χ2v) is 12.7. The van der Waals surface area contributed by atoms with Crippen molar-refractivity contribution in [3.63, 3.8) is 0 Å². The Hall–Kier alpha value is -3.77. The van der Waals surface area contributed by atoms with E-state index in [0.29, 0.717) is 36.6 Å². The predicted octanol–water partition coefficient (Wildman–Crippen LogP) is 5.11. The van der Waals surface area contributed by atoms with Gasteiger partial charge in [-0.05, 0) is 68.3 Å². The van der Waals surface area contributed by atoms with E-state index in [1.54, 1.807) is 0 Å². The third-order valence-corrected chi connectivity index (χ3v) is 10.0. The van der Waals surface area contributed by atoms with Gasteiger partial charge >= 0.3 is 6.01 Å². The van der Waals surface area contributed by atoms with Gasteiger partial charge in [0.25, 0.3) is 0 Å². The highest BCUT2D eigenvalue weighted by atomic mass is 19.2. The summed E-state index contributed by atoms with van der Waals surface area (Å²) < 4.78 is 66.6. The maximum absolute atomic E-state index is 16.6. The first-order valence-electron chi connectivity index (χ1n) is 15.3. The summed E-state index contributed by atoms with van der Waals surface area (Å²) in [6, 6.07) is 4.96. The number of fused-ring (bicyclic) bond motifs is 4. The number of piperidine rings is 1. The SMILES string of the molecule is Oc1cc(-c2ncc3c(N4CC5CCCNC5C4)nc(OC[C@@]45CCCN4C[C@H](F)C5)nc3c2F)c2c(F)c(F)ccc2c1. The lowest BCUT2D eigenvalue weighted by molar-refractivity contribution is 0.107. The fourth-order valence-electron chi connectivity index (χ4n) is 7.95. The largest absolute Gasteiger partial charge is 0.508 e. The monoisotopic (exact) mass is 608 g/mol. The summed E-state index contributed by atoms with van der Waals surface area (Å²) in [7, 11) is 0. The maximum Gasteiger partial charge on any atom is 0.319 e. The number of nitrogens with one attached hydrogen (secondary N) is 1. The van der Waals surface area contributed by atoms with E-state index < -0.39 is 29.2 Å². The maximum atomic E-state index is 16.6. The van der Waals surface area contributed by atoms with E-state index in [1.807, 2.05) is 0 Å². The first kappa shape index (κ1) is 27.8. The lowest BCUT2D eigenvalue weighted by Crippen LogP contribution is -2.43. The van der Waals surface area contributed by atoms with Gasteiger partial charge in [0.1, 0.15) is 35.6 Å². The Morgan fingerprint density at radius 3 is 2.82 bits per heavy atom. The molecule has 4 aliphatic rings. The Morgan fingerprint density at radius 1 is 1.07 bits per heavy atom. The number of ether oxygens (including phenoxy) is 1. The minimum atomic E-state index is -1.17. The number of pyridine rings is 1. The zero-order valence-corrected chi connectivity index (χ0v) is 24.0. The number of rotatable bonds is 5. The van der Waals surface area contributed by atoms with Crippen LogP contribution in [-0.2, 0) is 0 Å². The molecule has 0 amide bonds. The van der Waals surface area contributed by atoms with E-state index in [4.69, 9.17) is 9.72 Å². The molecule has 2 N–H and O–H groups in total. The Balaban J connectivity index is 1.26. The average Bonchev–Trinajstić information content (AvgIpc) is 3.69. The molecule has 12 heteroatoms. The number of alkyl halides is 1. The minimum Gasteiger partial charge on any atom is -0.508 e. The van der Waals surface area contributed by atoms with Crippen LogP contribution in [0.4, 0.5) is 23.4 Å². The van der Waals surface area contributed by atoms with Crippen LogP contribution in [0.5, 0.6) is 11.8 Å². The summed E-state index contributed by atoms with van der Waals surface area (Å²) in [5, 5.41) is 14.3. The lowest BCUT2D eigenvalue weighted by Gasteiger charge is -2.31. The molecule has 4 aromatic rings. The van der Waals surface area contributed by atoms with Gasteiger partial charge in [-0.25, -0.2) is 17.6 Å². The van der Waals surface area contributed by atoms with Crippen molar-refractivity contribution in [1.82, 2.24) is 25.2 Å². The third-order valence-electron chi connectivity index (χ3n) is 10.0. The van der Waals surface area contributed by atoms with Crippen LogP contribution in [0.15, 0.2) is 30.5 Å². The molecular formula is C32H32F4N6O2. The molecule has 8 nitrogen and oxygen atoms in total. The molecule has 4 atom stereocenters. The Labute approximate surface area is 251 Å². The highest BCUT2D eigenvalue weighted by molar-refractivity contribution is 6.00. The molecule has 8 rings (SSSR count). The molecule has 2 aromatic carbocycles. The van der Waals surface area contributed by atoms with Crippen molar-refractivity contribution < 1.29 is 27.4 Å². The summed E-state index contributed by atoms with van der Waals surface area (Å²) in [6.07, 6.45) is 4.78. The fraction of sp³-hybridized carbons (Fsp3) is 0.469. The molecule has 44 heavy (non-hydrogen) atoms. The van der Waals surface area contributed by atoms with Gasteiger partial charge in [0.05, 0.1) is 10.9 Å². The van der Waals surface area contributed by atoms with E-state index in [9.17, 15) is 13.9 Å². The molecule has 0 aliphatic carbocycles. The van der Waals surface area contributed by atoms with Crippen molar-refractivity contribution in [1.29, 1.82) is 0 Å². The number of phenolic OH excluding ortho intramolecular Hbond substituents is 1. The topological polar surface area (TPSA) is 86.6 Å². The molecule has 230 valence electrons. The van der Waals surface area contributed by atoms with E-state index in [1.165, 1.54) is 24.4 Å². The van der Waals surface area contributed by atoms with Crippen LogP contribution >= 0.6 is 0 Å². The number of hydrogen-bond donors (Lipinski definition) is 2. The van der Waals surface area contributed by atoms with Crippen molar-refractivity contribution >= 4 is 27.5 Å². The smallest absolute Gasteiger partial charge is 0.319 e. The number of phenols is 1. The number of hydrogen-bond acceptors (Lipinski definition) is 8. The van der Waals surface area contributed by atoms with Crippen molar-refractivity contribution in [3.8, 4) is 23.0 Å². The van der Waals surface area contributed by atoms with Crippen molar-refractivity contribution in [2.75, 3.05) is 44.2 Å². The summed E-state index contributed by atoms with van der Waals surface area (Å²) in [5.74, 6) is -2.49. The molecule has 6 heterocycles. The van der Waals surface area contributed by atoms with Crippen molar-refractivity contribution in [2.24, 2.45) is 5.92 Å². The van der Waals surface area contributed by atoms with Gasteiger partial charge in [-0.1, -0.05) is 6.07 Å². The lowest BCUT2D eigenvalue weighted by atomic mass is 9.94.